The van der Waals surface area contributed by atoms with Gasteiger partial charge in [0.15, 0.2) is 5.11 Å². The van der Waals surface area contributed by atoms with Gasteiger partial charge in [-0.1, -0.05) is 19.4 Å². The van der Waals surface area contributed by atoms with Crippen molar-refractivity contribution >= 4 is 34.8 Å². The Balaban J connectivity index is 1.85. The van der Waals surface area contributed by atoms with E-state index in [0.29, 0.717) is 48.9 Å². The lowest BCUT2D eigenvalue weighted by atomic mass is 10.2. The van der Waals surface area contributed by atoms with Crippen LogP contribution in [0.2, 0.25) is 0 Å². The first-order valence-electron chi connectivity index (χ1n) is 10.3. The van der Waals surface area contributed by atoms with Crippen molar-refractivity contribution in [2.45, 2.75) is 26.7 Å². The van der Waals surface area contributed by atoms with Gasteiger partial charge in [0.05, 0.1) is 6.61 Å². The van der Waals surface area contributed by atoms with E-state index in [1.807, 2.05) is 6.92 Å². The third-order valence-electron chi connectivity index (χ3n) is 4.24. The molecule has 0 atom stereocenters. The van der Waals surface area contributed by atoms with Crippen molar-refractivity contribution in [1.29, 1.82) is 0 Å². The Bertz CT molecular complexity index is 871. The van der Waals surface area contributed by atoms with Crippen LogP contribution < -0.4 is 20.7 Å². The van der Waals surface area contributed by atoms with Crippen LogP contribution in [0.15, 0.2) is 48.5 Å². The summed E-state index contributed by atoms with van der Waals surface area (Å²) in [6.07, 6.45) is 1.97. The lowest BCUT2D eigenvalue weighted by Crippen LogP contribution is -2.34. The molecule has 0 heterocycles. The highest BCUT2D eigenvalue weighted by atomic mass is 32.1. The summed E-state index contributed by atoms with van der Waals surface area (Å²) in [4.78, 5) is 24.5. The largest absolute Gasteiger partial charge is 0.491 e. The number of hydrogen-bond acceptors (Lipinski definition) is 5. The second-order valence-electron chi connectivity index (χ2n) is 6.67. The van der Waals surface area contributed by atoms with E-state index in [-0.39, 0.29) is 16.9 Å². The zero-order valence-electron chi connectivity index (χ0n) is 17.9. The Hall–Kier alpha value is -2.97. The molecule has 7 nitrogen and oxygen atoms in total. The first kappa shape index (κ1) is 24.3. The summed E-state index contributed by atoms with van der Waals surface area (Å²) in [5, 5.41) is 8.61. The van der Waals surface area contributed by atoms with Crippen LogP contribution >= 0.6 is 12.2 Å². The molecule has 0 bridgehead atoms. The molecule has 0 aliphatic carbocycles. The van der Waals surface area contributed by atoms with E-state index < -0.39 is 0 Å². The van der Waals surface area contributed by atoms with Crippen LogP contribution in [0, 0.1) is 0 Å². The minimum atomic E-state index is -0.348. The summed E-state index contributed by atoms with van der Waals surface area (Å²) >= 11 is 5.23. The minimum Gasteiger partial charge on any atom is -0.491 e. The standard InChI is InChI=1S/C23H29N3O4S/c1-3-5-13-24-21(27)17-9-11-19(12-10-17)25-23(31)26-22(28)18-7-6-8-20(16-18)30-15-14-29-4-2/h6-12,16H,3-5,13-15H2,1-2H3,(H,24,27)(H2,25,26,28,31). The van der Waals surface area contributed by atoms with Gasteiger partial charge >= 0.3 is 0 Å². The minimum absolute atomic E-state index is 0.112. The van der Waals surface area contributed by atoms with E-state index in [2.05, 4.69) is 22.9 Å². The van der Waals surface area contributed by atoms with E-state index in [9.17, 15) is 9.59 Å². The average Bonchev–Trinajstić information content (AvgIpc) is 2.77. The smallest absolute Gasteiger partial charge is 0.257 e. The van der Waals surface area contributed by atoms with Gasteiger partial charge in [-0.05, 0) is 68.0 Å². The predicted molar refractivity (Wildman–Crippen MR) is 126 cm³/mol. The zero-order valence-corrected chi connectivity index (χ0v) is 18.7. The summed E-state index contributed by atoms with van der Waals surface area (Å²) in [6, 6.07) is 13.7. The molecule has 0 radical (unpaired) electrons. The van der Waals surface area contributed by atoms with Crippen molar-refractivity contribution in [2.75, 3.05) is 31.7 Å². The molecule has 8 heteroatoms. The first-order chi connectivity index (χ1) is 15.0. The fourth-order valence-corrected chi connectivity index (χ4v) is 2.82. The van der Waals surface area contributed by atoms with Gasteiger partial charge in [0.1, 0.15) is 12.4 Å². The van der Waals surface area contributed by atoms with Gasteiger partial charge in [-0.3, -0.25) is 14.9 Å². The molecule has 0 unspecified atom stereocenters. The number of carbonyl (C=O) groups excluding carboxylic acids is 2. The van der Waals surface area contributed by atoms with Crippen LogP contribution in [0.1, 0.15) is 47.4 Å². The Kier molecular flexibility index (Phi) is 10.5. The van der Waals surface area contributed by atoms with Crippen molar-refractivity contribution in [3.05, 3.63) is 59.7 Å². The van der Waals surface area contributed by atoms with Crippen LogP contribution in [-0.2, 0) is 4.74 Å². The zero-order chi connectivity index (χ0) is 22.5. The molecule has 0 saturated heterocycles. The Morgan fingerprint density at radius 2 is 1.74 bits per heavy atom. The highest BCUT2D eigenvalue weighted by Crippen LogP contribution is 2.14. The summed E-state index contributed by atoms with van der Waals surface area (Å²) in [5.41, 5.74) is 1.67. The third-order valence-corrected chi connectivity index (χ3v) is 4.45. The fourth-order valence-electron chi connectivity index (χ4n) is 2.61. The number of carbonyl (C=O) groups is 2. The number of ether oxygens (including phenoxy) is 2. The van der Waals surface area contributed by atoms with Gasteiger partial charge in [-0.15, -0.1) is 0 Å². The Morgan fingerprint density at radius 3 is 2.45 bits per heavy atom. The van der Waals surface area contributed by atoms with Crippen molar-refractivity contribution in [3.63, 3.8) is 0 Å². The fraction of sp³-hybridized carbons (Fsp3) is 0.348. The second kappa shape index (κ2) is 13.4. The van der Waals surface area contributed by atoms with Gasteiger partial charge in [-0.25, -0.2) is 0 Å². The predicted octanol–water partition coefficient (Wildman–Crippen LogP) is 3.76. The number of amides is 2. The molecule has 0 spiro atoms. The first-order valence-corrected chi connectivity index (χ1v) is 10.8. The molecule has 0 aliphatic heterocycles. The lowest BCUT2D eigenvalue weighted by molar-refractivity contribution is 0.0950. The summed E-state index contributed by atoms with van der Waals surface area (Å²) in [7, 11) is 0. The molecule has 2 rings (SSSR count). The number of thiocarbonyl (C=S) groups is 1. The topological polar surface area (TPSA) is 88.7 Å². The van der Waals surface area contributed by atoms with Crippen LogP contribution in [0.25, 0.3) is 0 Å². The molecule has 31 heavy (non-hydrogen) atoms. The molecule has 0 aromatic heterocycles. The molecule has 0 saturated carbocycles. The number of anilines is 1. The normalized spacial score (nSPS) is 10.3. The number of hydrogen-bond donors (Lipinski definition) is 3. The van der Waals surface area contributed by atoms with Crippen molar-refractivity contribution in [3.8, 4) is 5.75 Å². The maximum Gasteiger partial charge on any atom is 0.257 e. The number of unbranched alkanes of at least 4 members (excludes halogenated alkanes) is 1. The van der Waals surface area contributed by atoms with Crippen LogP contribution in [-0.4, -0.2) is 43.3 Å². The number of nitrogens with one attached hydrogen (secondary N) is 3. The molecular formula is C23H29N3O4S. The molecule has 0 aliphatic rings. The van der Waals surface area contributed by atoms with Gasteiger partial charge in [0.25, 0.3) is 11.8 Å². The van der Waals surface area contributed by atoms with Gasteiger partial charge < -0.3 is 20.1 Å². The van der Waals surface area contributed by atoms with Crippen molar-refractivity contribution in [1.82, 2.24) is 10.6 Å². The van der Waals surface area contributed by atoms with Gasteiger partial charge in [0, 0.05) is 30.0 Å². The molecule has 2 amide bonds. The van der Waals surface area contributed by atoms with Crippen molar-refractivity contribution in [2.24, 2.45) is 0 Å². The van der Waals surface area contributed by atoms with E-state index in [1.54, 1.807) is 48.5 Å². The van der Waals surface area contributed by atoms with E-state index in [4.69, 9.17) is 21.7 Å². The van der Waals surface area contributed by atoms with Crippen LogP contribution in [0.5, 0.6) is 5.75 Å². The molecule has 2 aromatic rings. The quantitative estimate of drug-likeness (QED) is 0.362. The number of benzene rings is 2. The molecule has 166 valence electrons. The summed E-state index contributed by atoms with van der Waals surface area (Å²) in [5.74, 6) is 0.123. The van der Waals surface area contributed by atoms with Gasteiger partial charge in [-0.2, -0.15) is 0 Å². The molecule has 2 aromatic carbocycles. The summed E-state index contributed by atoms with van der Waals surface area (Å²) < 4.78 is 10.8. The van der Waals surface area contributed by atoms with E-state index >= 15 is 0 Å². The lowest BCUT2D eigenvalue weighted by Gasteiger charge is -2.11. The SMILES string of the molecule is CCCCNC(=O)c1ccc(NC(=S)NC(=O)c2cccc(OCCOCC)c2)cc1. The molecule has 0 fully saturated rings. The molecule has 3 N–H and O–H groups in total. The van der Waals surface area contributed by atoms with Crippen LogP contribution in [0.3, 0.4) is 0 Å². The summed E-state index contributed by atoms with van der Waals surface area (Å²) in [6.45, 7) is 6.17. The van der Waals surface area contributed by atoms with Crippen LogP contribution in [0.4, 0.5) is 5.69 Å². The third kappa shape index (κ3) is 8.74. The highest BCUT2D eigenvalue weighted by molar-refractivity contribution is 7.80. The van der Waals surface area contributed by atoms with Crippen molar-refractivity contribution < 1.29 is 19.1 Å². The second-order valence-corrected chi connectivity index (χ2v) is 7.08. The van der Waals surface area contributed by atoms with E-state index in [1.165, 1.54) is 0 Å². The maximum absolute atomic E-state index is 12.5. The Labute approximate surface area is 188 Å². The molecular weight excluding hydrogens is 414 g/mol. The maximum atomic E-state index is 12.5. The van der Waals surface area contributed by atoms with Gasteiger partial charge in [0.2, 0.25) is 0 Å². The highest BCUT2D eigenvalue weighted by Gasteiger charge is 2.10. The Morgan fingerprint density at radius 1 is 0.968 bits per heavy atom. The average molecular weight is 444 g/mol. The van der Waals surface area contributed by atoms with E-state index in [0.717, 1.165) is 12.8 Å². The number of rotatable bonds is 11. The monoisotopic (exact) mass is 443 g/mol.